The lowest BCUT2D eigenvalue weighted by atomic mass is 10.1. The molecule has 130 valence electrons. The van der Waals surface area contributed by atoms with Gasteiger partial charge in [-0.05, 0) is 36.8 Å². The molecular formula is C20H22N2O3. The topological polar surface area (TPSA) is 58.6 Å². The van der Waals surface area contributed by atoms with Crippen LogP contribution in [0.15, 0.2) is 54.6 Å². The number of hydrogen-bond acceptors (Lipinski definition) is 3. The summed E-state index contributed by atoms with van der Waals surface area (Å²) in [4.78, 5) is 25.7. The van der Waals surface area contributed by atoms with Crippen molar-refractivity contribution in [3.63, 3.8) is 0 Å². The number of nitrogens with one attached hydrogen (secondary N) is 1. The molecule has 1 fully saturated rings. The first-order chi connectivity index (χ1) is 12.1. The van der Waals surface area contributed by atoms with Gasteiger partial charge >= 0.3 is 0 Å². The van der Waals surface area contributed by atoms with E-state index >= 15 is 0 Å². The van der Waals surface area contributed by atoms with E-state index in [1.165, 1.54) is 0 Å². The zero-order valence-electron chi connectivity index (χ0n) is 14.3. The Bertz CT molecular complexity index is 728. The van der Waals surface area contributed by atoms with Crippen LogP contribution >= 0.6 is 0 Å². The number of nitrogens with zero attached hydrogens (tertiary/aromatic N) is 1. The van der Waals surface area contributed by atoms with Gasteiger partial charge in [-0.25, -0.2) is 0 Å². The summed E-state index contributed by atoms with van der Waals surface area (Å²) in [6.45, 7) is 3.48. The zero-order valence-corrected chi connectivity index (χ0v) is 14.3. The van der Waals surface area contributed by atoms with Crippen LogP contribution < -0.4 is 10.1 Å². The van der Waals surface area contributed by atoms with Gasteiger partial charge in [-0.3, -0.25) is 9.59 Å². The molecule has 3 rings (SSSR count). The molecule has 2 amide bonds. The van der Waals surface area contributed by atoms with Gasteiger partial charge in [0.2, 0.25) is 5.91 Å². The fraction of sp³-hybridized carbons (Fsp3) is 0.300. The number of rotatable bonds is 4. The largest absolute Gasteiger partial charge is 0.486 e. The van der Waals surface area contributed by atoms with Crippen molar-refractivity contribution in [1.82, 2.24) is 10.2 Å². The molecule has 0 saturated carbocycles. The van der Waals surface area contributed by atoms with E-state index in [1.54, 1.807) is 17.0 Å². The first kappa shape index (κ1) is 17.0. The lowest BCUT2D eigenvalue weighted by molar-refractivity contribution is -0.120. The van der Waals surface area contributed by atoms with Gasteiger partial charge in [-0.2, -0.15) is 0 Å². The van der Waals surface area contributed by atoms with Crippen LogP contribution in [0.2, 0.25) is 0 Å². The second kappa shape index (κ2) is 7.83. The lowest BCUT2D eigenvalue weighted by Gasteiger charge is -2.20. The molecule has 1 heterocycles. The van der Waals surface area contributed by atoms with Gasteiger partial charge in [-0.1, -0.05) is 30.3 Å². The highest BCUT2D eigenvalue weighted by Crippen LogP contribution is 2.22. The Balaban J connectivity index is 1.63. The molecule has 1 atom stereocenters. The van der Waals surface area contributed by atoms with Gasteiger partial charge < -0.3 is 15.0 Å². The van der Waals surface area contributed by atoms with Crippen LogP contribution in [0, 0.1) is 0 Å². The third-order valence-electron chi connectivity index (χ3n) is 4.28. The first-order valence-electron chi connectivity index (χ1n) is 8.51. The number of carbonyl (C=O) groups is 2. The second-order valence-electron chi connectivity index (χ2n) is 6.09. The van der Waals surface area contributed by atoms with Crippen molar-refractivity contribution >= 4 is 11.8 Å². The molecule has 0 spiro atoms. The van der Waals surface area contributed by atoms with Gasteiger partial charge in [-0.15, -0.1) is 0 Å². The fourth-order valence-electron chi connectivity index (χ4n) is 2.82. The van der Waals surface area contributed by atoms with Crippen molar-refractivity contribution < 1.29 is 14.3 Å². The molecule has 1 saturated heterocycles. The third kappa shape index (κ3) is 4.38. The Morgan fingerprint density at radius 1 is 1.08 bits per heavy atom. The van der Waals surface area contributed by atoms with Crippen molar-refractivity contribution in [3.8, 4) is 5.75 Å². The summed E-state index contributed by atoms with van der Waals surface area (Å²) in [6.07, 6.45) is 0.284. The molecule has 1 N–H and O–H groups in total. The molecule has 0 radical (unpaired) electrons. The summed E-state index contributed by atoms with van der Waals surface area (Å²) in [5.41, 5.74) is 1.71. The molecule has 1 aliphatic heterocycles. The Hall–Kier alpha value is -2.82. The molecule has 5 nitrogen and oxygen atoms in total. The Morgan fingerprint density at radius 2 is 1.80 bits per heavy atom. The predicted molar refractivity (Wildman–Crippen MR) is 95.5 cm³/mol. The summed E-state index contributed by atoms with van der Waals surface area (Å²) in [5.74, 6) is 0.661. The lowest BCUT2D eigenvalue weighted by Crippen LogP contribution is -2.34. The summed E-state index contributed by atoms with van der Waals surface area (Å²) < 4.78 is 5.94. The van der Waals surface area contributed by atoms with E-state index in [9.17, 15) is 9.59 Å². The van der Waals surface area contributed by atoms with Crippen LogP contribution in [0.4, 0.5) is 0 Å². The van der Waals surface area contributed by atoms with E-state index in [0.717, 1.165) is 11.3 Å². The van der Waals surface area contributed by atoms with Crippen molar-refractivity contribution in [1.29, 1.82) is 0 Å². The highest BCUT2D eigenvalue weighted by atomic mass is 16.5. The quantitative estimate of drug-likeness (QED) is 0.932. The van der Waals surface area contributed by atoms with E-state index < -0.39 is 0 Å². The van der Waals surface area contributed by atoms with Gasteiger partial charge in [0.25, 0.3) is 5.91 Å². The van der Waals surface area contributed by atoms with E-state index in [-0.39, 0.29) is 17.9 Å². The Morgan fingerprint density at radius 3 is 2.52 bits per heavy atom. The molecule has 2 aromatic rings. The molecule has 25 heavy (non-hydrogen) atoms. The number of hydrogen-bond donors (Lipinski definition) is 1. The van der Waals surface area contributed by atoms with Crippen molar-refractivity contribution in [3.05, 3.63) is 65.7 Å². The number of amides is 2. The van der Waals surface area contributed by atoms with Crippen LogP contribution in [0.25, 0.3) is 0 Å². The average molecular weight is 338 g/mol. The zero-order chi connectivity index (χ0) is 17.6. The fourth-order valence-corrected chi connectivity index (χ4v) is 2.82. The normalized spacial score (nSPS) is 15.9. The molecule has 2 aromatic carbocycles. The molecule has 0 aromatic heterocycles. The number of ether oxygens (including phenoxy) is 1. The third-order valence-corrected chi connectivity index (χ3v) is 4.28. The monoisotopic (exact) mass is 338 g/mol. The minimum absolute atomic E-state index is 0.00560. The molecule has 0 unspecified atom stereocenters. The minimum Gasteiger partial charge on any atom is -0.486 e. The maximum atomic E-state index is 12.6. The van der Waals surface area contributed by atoms with Gasteiger partial charge in [0.1, 0.15) is 11.9 Å². The van der Waals surface area contributed by atoms with Crippen LogP contribution in [-0.4, -0.2) is 36.3 Å². The molecule has 0 bridgehead atoms. The van der Waals surface area contributed by atoms with Crippen LogP contribution in [0.3, 0.4) is 0 Å². The van der Waals surface area contributed by atoms with E-state index in [4.69, 9.17) is 4.74 Å². The summed E-state index contributed by atoms with van der Waals surface area (Å²) in [5, 5.41) is 2.77. The molecule has 0 aliphatic carbocycles. The predicted octanol–water partition coefficient (Wildman–Crippen LogP) is 2.79. The average Bonchev–Trinajstić information content (AvgIpc) is 2.87. The van der Waals surface area contributed by atoms with E-state index in [1.807, 2.05) is 49.4 Å². The van der Waals surface area contributed by atoms with Gasteiger partial charge in [0.05, 0.1) is 0 Å². The van der Waals surface area contributed by atoms with Crippen LogP contribution in [-0.2, 0) is 4.79 Å². The van der Waals surface area contributed by atoms with Gasteiger partial charge in [0, 0.05) is 31.6 Å². The molecule has 1 aliphatic rings. The second-order valence-corrected chi connectivity index (χ2v) is 6.09. The Labute approximate surface area is 147 Å². The standard InChI is InChI=1S/C20H22N2O3/c1-15(16-5-3-2-4-6-16)25-18-9-7-17(8-10-18)20(24)22-13-11-19(23)21-12-14-22/h2-10,15H,11-14H2,1H3,(H,21,23)/t15-/m0/s1. The van der Waals surface area contributed by atoms with Crippen molar-refractivity contribution in [2.75, 3.05) is 19.6 Å². The van der Waals surface area contributed by atoms with Crippen LogP contribution in [0.5, 0.6) is 5.75 Å². The first-order valence-corrected chi connectivity index (χ1v) is 8.51. The Kier molecular flexibility index (Phi) is 5.33. The smallest absolute Gasteiger partial charge is 0.253 e. The van der Waals surface area contributed by atoms with Crippen molar-refractivity contribution in [2.24, 2.45) is 0 Å². The van der Waals surface area contributed by atoms with Gasteiger partial charge in [0.15, 0.2) is 0 Å². The maximum Gasteiger partial charge on any atom is 0.253 e. The number of benzene rings is 2. The number of carbonyl (C=O) groups excluding carboxylic acids is 2. The molecule has 5 heteroatoms. The maximum absolute atomic E-state index is 12.6. The van der Waals surface area contributed by atoms with E-state index in [2.05, 4.69) is 5.32 Å². The summed E-state index contributed by atoms with van der Waals surface area (Å²) >= 11 is 0. The van der Waals surface area contributed by atoms with E-state index in [0.29, 0.717) is 31.6 Å². The minimum atomic E-state index is -0.0644. The summed E-state index contributed by atoms with van der Waals surface area (Å²) in [6, 6.07) is 17.2. The highest BCUT2D eigenvalue weighted by molar-refractivity contribution is 5.94. The SMILES string of the molecule is C[C@H](Oc1ccc(C(=O)N2CCNC(=O)CC2)cc1)c1ccccc1. The van der Waals surface area contributed by atoms with Crippen LogP contribution in [0.1, 0.15) is 35.4 Å². The molecular weight excluding hydrogens is 316 g/mol. The highest BCUT2D eigenvalue weighted by Gasteiger charge is 2.19. The summed E-state index contributed by atoms with van der Waals surface area (Å²) in [7, 11) is 0. The van der Waals surface area contributed by atoms with Crippen molar-refractivity contribution in [2.45, 2.75) is 19.4 Å².